The van der Waals surface area contributed by atoms with Crippen LogP contribution in [-0.2, 0) is 14.3 Å². The Labute approximate surface area is 83.6 Å². The summed E-state index contributed by atoms with van der Waals surface area (Å²) in [6, 6.07) is 0. The van der Waals surface area contributed by atoms with E-state index in [0.717, 1.165) is 19.3 Å². The molecule has 0 spiro atoms. The Bertz CT molecular complexity index is 202. The molecule has 0 atom stereocenters. The maximum Gasteiger partial charge on any atom is 0.507 e. The van der Waals surface area contributed by atoms with Gasteiger partial charge < -0.3 is 9.47 Å². The lowest BCUT2D eigenvalue weighted by atomic mass is 9.86. The van der Waals surface area contributed by atoms with Crippen LogP contribution in [0.1, 0.15) is 32.1 Å². The average molecular weight is 200 g/mol. The zero-order valence-corrected chi connectivity index (χ0v) is 8.45. The number of carbonyl (C=O) groups is 2. The largest absolute Gasteiger partial charge is 0.507 e. The van der Waals surface area contributed by atoms with E-state index in [4.69, 9.17) is 4.74 Å². The van der Waals surface area contributed by atoms with Crippen molar-refractivity contribution in [2.75, 3.05) is 13.7 Å². The topological polar surface area (TPSA) is 52.6 Å². The number of hydrogen-bond donors (Lipinski definition) is 0. The molecule has 1 rings (SSSR count). The fourth-order valence-corrected chi connectivity index (χ4v) is 1.66. The first kappa shape index (κ1) is 11.0. The van der Waals surface area contributed by atoms with Crippen LogP contribution in [-0.4, -0.2) is 25.7 Å². The van der Waals surface area contributed by atoms with Crippen LogP contribution < -0.4 is 0 Å². The van der Waals surface area contributed by atoms with Crippen molar-refractivity contribution in [3.8, 4) is 0 Å². The van der Waals surface area contributed by atoms with Crippen molar-refractivity contribution in [2.45, 2.75) is 32.1 Å². The SMILES string of the molecule is COC(=O)OCCC1CCC(=O)CC1. The average Bonchev–Trinajstić information content (AvgIpc) is 2.21. The number of hydrogen-bond acceptors (Lipinski definition) is 4. The maximum atomic E-state index is 10.9. The second-order valence-corrected chi connectivity index (χ2v) is 3.57. The summed E-state index contributed by atoms with van der Waals surface area (Å²) in [7, 11) is 1.29. The van der Waals surface area contributed by atoms with Gasteiger partial charge in [-0.05, 0) is 25.2 Å². The molecule has 4 nitrogen and oxygen atoms in total. The van der Waals surface area contributed by atoms with Crippen molar-refractivity contribution in [1.82, 2.24) is 0 Å². The third kappa shape index (κ3) is 3.77. The maximum absolute atomic E-state index is 10.9. The first-order valence-electron chi connectivity index (χ1n) is 4.95. The second kappa shape index (κ2) is 5.62. The first-order valence-corrected chi connectivity index (χ1v) is 4.95. The van der Waals surface area contributed by atoms with Gasteiger partial charge in [0.15, 0.2) is 0 Å². The van der Waals surface area contributed by atoms with E-state index in [9.17, 15) is 9.59 Å². The molecule has 1 saturated carbocycles. The van der Waals surface area contributed by atoms with Gasteiger partial charge in [0.2, 0.25) is 0 Å². The number of rotatable bonds is 3. The predicted molar refractivity (Wildman–Crippen MR) is 49.9 cm³/mol. The Morgan fingerprint density at radius 1 is 1.43 bits per heavy atom. The van der Waals surface area contributed by atoms with Gasteiger partial charge in [-0.2, -0.15) is 0 Å². The molecule has 0 bridgehead atoms. The Kier molecular flexibility index (Phi) is 4.43. The van der Waals surface area contributed by atoms with Gasteiger partial charge in [-0.25, -0.2) is 4.79 Å². The highest BCUT2D eigenvalue weighted by Gasteiger charge is 2.18. The van der Waals surface area contributed by atoms with E-state index in [-0.39, 0.29) is 0 Å². The zero-order valence-electron chi connectivity index (χ0n) is 8.45. The summed E-state index contributed by atoms with van der Waals surface area (Å²) in [5, 5.41) is 0. The molecule has 0 N–H and O–H groups in total. The standard InChI is InChI=1S/C10H16O4/c1-13-10(12)14-7-6-8-2-4-9(11)5-3-8/h8H,2-7H2,1H3. The van der Waals surface area contributed by atoms with E-state index in [0.29, 0.717) is 31.1 Å². The lowest BCUT2D eigenvalue weighted by molar-refractivity contribution is -0.121. The molecule has 1 aliphatic carbocycles. The van der Waals surface area contributed by atoms with Crippen LogP contribution in [0, 0.1) is 5.92 Å². The molecule has 14 heavy (non-hydrogen) atoms. The van der Waals surface area contributed by atoms with Crippen LogP contribution in [0.5, 0.6) is 0 Å². The minimum atomic E-state index is -0.628. The molecule has 0 radical (unpaired) electrons. The minimum absolute atomic E-state index is 0.357. The summed E-state index contributed by atoms with van der Waals surface area (Å²) in [6.45, 7) is 0.394. The molecule has 0 aliphatic heterocycles. The van der Waals surface area contributed by atoms with Gasteiger partial charge in [-0.3, -0.25) is 4.79 Å². The summed E-state index contributed by atoms with van der Waals surface area (Å²) >= 11 is 0. The molecule has 0 saturated heterocycles. The fraction of sp³-hybridized carbons (Fsp3) is 0.800. The van der Waals surface area contributed by atoms with Crippen LogP contribution >= 0.6 is 0 Å². The van der Waals surface area contributed by atoms with E-state index in [1.807, 2.05) is 0 Å². The first-order chi connectivity index (χ1) is 6.72. The summed E-state index contributed by atoms with van der Waals surface area (Å²) in [6.07, 6.45) is 3.44. The van der Waals surface area contributed by atoms with Crippen molar-refractivity contribution in [2.24, 2.45) is 5.92 Å². The van der Waals surface area contributed by atoms with Gasteiger partial charge in [0.05, 0.1) is 13.7 Å². The Balaban J connectivity index is 2.07. The van der Waals surface area contributed by atoms with E-state index < -0.39 is 6.16 Å². The summed E-state index contributed by atoms with van der Waals surface area (Å²) in [5.74, 6) is 0.882. The van der Waals surface area contributed by atoms with Gasteiger partial charge >= 0.3 is 6.16 Å². The highest BCUT2D eigenvalue weighted by molar-refractivity contribution is 5.78. The molecule has 0 unspecified atom stereocenters. The van der Waals surface area contributed by atoms with Crippen molar-refractivity contribution in [3.63, 3.8) is 0 Å². The molecule has 0 heterocycles. The summed E-state index contributed by atoms with van der Waals surface area (Å²) in [5.41, 5.74) is 0. The smallest absolute Gasteiger partial charge is 0.438 e. The van der Waals surface area contributed by atoms with Gasteiger partial charge in [-0.15, -0.1) is 0 Å². The molecule has 0 aromatic rings. The highest BCUT2D eigenvalue weighted by Crippen LogP contribution is 2.24. The van der Waals surface area contributed by atoms with E-state index in [1.54, 1.807) is 0 Å². The third-order valence-electron chi connectivity index (χ3n) is 2.58. The zero-order chi connectivity index (χ0) is 10.4. The molecule has 1 fully saturated rings. The van der Waals surface area contributed by atoms with Crippen LogP contribution in [0.2, 0.25) is 0 Å². The molecule has 1 aliphatic rings. The summed E-state index contributed by atoms with van der Waals surface area (Å²) in [4.78, 5) is 21.5. The lowest BCUT2D eigenvalue weighted by Gasteiger charge is -2.20. The van der Waals surface area contributed by atoms with Crippen LogP contribution in [0.4, 0.5) is 4.79 Å². The second-order valence-electron chi connectivity index (χ2n) is 3.57. The van der Waals surface area contributed by atoms with Crippen molar-refractivity contribution < 1.29 is 19.1 Å². The third-order valence-corrected chi connectivity index (χ3v) is 2.58. The predicted octanol–water partition coefficient (Wildman–Crippen LogP) is 1.92. The quantitative estimate of drug-likeness (QED) is 0.653. The van der Waals surface area contributed by atoms with E-state index >= 15 is 0 Å². The van der Waals surface area contributed by atoms with Gasteiger partial charge in [0, 0.05) is 12.8 Å². The fourth-order valence-electron chi connectivity index (χ4n) is 1.66. The molecule has 4 heteroatoms. The minimum Gasteiger partial charge on any atom is -0.438 e. The van der Waals surface area contributed by atoms with Gasteiger partial charge in [0.25, 0.3) is 0 Å². The Hall–Kier alpha value is -1.06. The van der Waals surface area contributed by atoms with Gasteiger partial charge in [0.1, 0.15) is 5.78 Å². The van der Waals surface area contributed by atoms with Crippen LogP contribution in [0.15, 0.2) is 0 Å². The van der Waals surface area contributed by atoms with Crippen LogP contribution in [0.25, 0.3) is 0 Å². The number of ether oxygens (including phenoxy) is 2. The Morgan fingerprint density at radius 3 is 2.64 bits per heavy atom. The van der Waals surface area contributed by atoms with E-state index in [2.05, 4.69) is 4.74 Å². The molecule has 0 amide bonds. The molecule has 80 valence electrons. The molecular formula is C10H16O4. The highest BCUT2D eigenvalue weighted by atomic mass is 16.7. The number of carbonyl (C=O) groups excluding carboxylic acids is 2. The van der Waals surface area contributed by atoms with Crippen LogP contribution in [0.3, 0.4) is 0 Å². The Morgan fingerprint density at radius 2 is 2.07 bits per heavy atom. The summed E-state index contributed by atoms with van der Waals surface area (Å²) < 4.78 is 9.12. The number of ketones is 1. The molecular weight excluding hydrogens is 184 g/mol. The van der Waals surface area contributed by atoms with Crippen molar-refractivity contribution in [1.29, 1.82) is 0 Å². The molecule has 0 aromatic heterocycles. The van der Waals surface area contributed by atoms with Crippen molar-refractivity contribution in [3.05, 3.63) is 0 Å². The monoisotopic (exact) mass is 200 g/mol. The number of Topliss-reactive ketones (excluding diaryl/α,β-unsaturated/α-hetero) is 1. The van der Waals surface area contributed by atoms with E-state index in [1.165, 1.54) is 7.11 Å². The number of methoxy groups -OCH3 is 1. The lowest BCUT2D eigenvalue weighted by Crippen LogP contribution is -2.16. The normalized spacial score (nSPS) is 17.9. The van der Waals surface area contributed by atoms with Crippen molar-refractivity contribution >= 4 is 11.9 Å². The van der Waals surface area contributed by atoms with Gasteiger partial charge in [-0.1, -0.05) is 0 Å². The molecule has 0 aromatic carbocycles.